The maximum Gasteiger partial charge on any atom is 0.329 e. The van der Waals surface area contributed by atoms with Crippen molar-refractivity contribution in [1.29, 1.82) is 0 Å². The highest BCUT2D eigenvalue weighted by Crippen LogP contribution is 2.40. The highest BCUT2D eigenvalue weighted by Gasteiger charge is 2.53. The number of para-hydroxylation sites is 4. The van der Waals surface area contributed by atoms with E-state index in [0.717, 1.165) is 34.0 Å². The second-order valence-electron chi connectivity index (χ2n) is 8.36. The topological polar surface area (TPSA) is 82.9 Å². The van der Waals surface area contributed by atoms with E-state index < -0.39 is 11.9 Å². The number of fused-ring (bicyclic) bond motifs is 1. The Morgan fingerprint density at radius 2 is 1.82 bits per heavy atom. The predicted octanol–water partition coefficient (Wildman–Crippen LogP) is 3.64. The lowest BCUT2D eigenvalue weighted by Crippen LogP contribution is -2.62. The number of carbonyl (C=O) groups is 2. The minimum absolute atomic E-state index is 0.0343. The van der Waals surface area contributed by atoms with E-state index in [1.165, 1.54) is 11.8 Å². The zero-order chi connectivity index (χ0) is 23.0. The Bertz CT molecular complexity index is 1330. The van der Waals surface area contributed by atoms with Crippen molar-refractivity contribution >= 4 is 40.3 Å². The SMILES string of the molecule is Cn1c(SCC(=O)[N+]2(c3ccccc3-n3cccc3)CCC[C@H]2C(N)=O)nc2ccccc21. The van der Waals surface area contributed by atoms with E-state index in [1.807, 2.05) is 89.2 Å². The molecular formula is C25H26N5O2S+. The van der Waals surface area contributed by atoms with E-state index in [9.17, 15) is 9.59 Å². The number of carbonyl (C=O) groups excluding carboxylic acids is 2. The van der Waals surface area contributed by atoms with Crippen molar-refractivity contribution in [2.24, 2.45) is 12.8 Å². The average Bonchev–Trinajstić information content (AvgIpc) is 3.57. The summed E-state index contributed by atoms with van der Waals surface area (Å²) in [5, 5.41) is 0.774. The van der Waals surface area contributed by atoms with Crippen LogP contribution < -0.4 is 10.2 Å². The second kappa shape index (κ2) is 8.53. The number of imidazole rings is 1. The first-order valence-corrected chi connectivity index (χ1v) is 12.0. The molecule has 2 N–H and O–H groups in total. The summed E-state index contributed by atoms with van der Waals surface area (Å²) in [5.41, 5.74) is 9.47. The molecule has 0 radical (unpaired) electrons. The summed E-state index contributed by atoms with van der Waals surface area (Å²) in [7, 11) is 1.95. The molecule has 1 aliphatic rings. The number of nitrogens with zero attached hydrogens (tertiary/aromatic N) is 4. The normalized spacial score (nSPS) is 20.3. The zero-order valence-electron chi connectivity index (χ0n) is 18.4. The number of likely N-dealkylation sites (tertiary alicyclic amines) is 1. The number of aryl methyl sites for hydroxylation is 1. The molecule has 0 bridgehead atoms. The van der Waals surface area contributed by atoms with Crippen LogP contribution in [-0.2, 0) is 16.6 Å². The van der Waals surface area contributed by atoms with Gasteiger partial charge in [0.15, 0.2) is 16.9 Å². The lowest BCUT2D eigenvalue weighted by atomic mass is 10.1. The largest absolute Gasteiger partial charge is 0.364 e. The number of amides is 2. The van der Waals surface area contributed by atoms with Gasteiger partial charge < -0.3 is 14.9 Å². The third-order valence-corrected chi connectivity index (χ3v) is 7.57. The van der Waals surface area contributed by atoms with Gasteiger partial charge in [0.2, 0.25) is 0 Å². The number of thioether (sulfide) groups is 1. The molecule has 2 atom stereocenters. The minimum Gasteiger partial charge on any atom is -0.364 e. The summed E-state index contributed by atoms with van der Waals surface area (Å²) >= 11 is 1.41. The van der Waals surface area contributed by atoms with Crippen LogP contribution in [0.3, 0.4) is 0 Å². The van der Waals surface area contributed by atoms with Gasteiger partial charge >= 0.3 is 5.91 Å². The summed E-state index contributed by atoms with van der Waals surface area (Å²) < 4.78 is 3.93. The van der Waals surface area contributed by atoms with Crippen LogP contribution in [0.15, 0.2) is 78.2 Å². The Balaban J connectivity index is 1.54. The first kappa shape index (κ1) is 21.5. The molecule has 1 fully saturated rings. The van der Waals surface area contributed by atoms with Crippen LogP contribution in [0.2, 0.25) is 0 Å². The molecule has 1 saturated heterocycles. The average molecular weight is 461 g/mol. The minimum atomic E-state index is -0.588. The van der Waals surface area contributed by atoms with Crippen molar-refractivity contribution < 1.29 is 9.59 Å². The fraction of sp³-hybridized carbons (Fsp3) is 0.240. The molecule has 1 aliphatic heterocycles. The summed E-state index contributed by atoms with van der Waals surface area (Å²) in [4.78, 5) is 31.3. The number of benzene rings is 2. The van der Waals surface area contributed by atoms with Crippen LogP contribution in [0, 0.1) is 0 Å². The molecule has 2 amide bonds. The van der Waals surface area contributed by atoms with Gasteiger partial charge in [0, 0.05) is 38.3 Å². The number of hydrogen-bond donors (Lipinski definition) is 1. The van der Waals surface area contributed by atoms with Crippen molar-refractivity contribution in [3.63, 3.8) is 0 Å². The Kier molecular flexibility index (Phi) is 5.55. The molecule has 0 aliphatic carbocycles. The van der Waals surface area contributed by atoms with Crippen LogP contribution in [0.1, 0.15) is 12.8 Å². The lowest BCUT2D eigenvalue weighted by molar-refractivity contribution is -0.134. The van der Waals surface area contributed by atoms with Gasteiger partial charge in [-0.25, -0.2) is 14.3 Å². The number of rotatable bonds is 6. The molecule has 1 unspecified atom stereocenters. The standard InChI is InChI=1S/C25H25N5O2S/c1-28-19-10-3-2-9-18(19)27-25(28)33-17-23(31)30(16-8-13-22(30)24(26)32)21-12-5-4-11-20(21)29-14-6-7-15-29/h2-7,9-12,14-15,22H,8,13,16-17H2,1H3,(H-,26,32)/p+1/t22-,30?/m0/s1. The Labute approximate surface area is 196 Å². The maximum absolute atomic E-state index is 14.0. The lowest BCUT2D eigenvalue weighted by Gasteiger charge is -2.36. The van der Waals surface area contributed by atoms with E-state index in [2.05, 4.69) is 4.98 Å². The van der Waals surface area contributed by atoms with Crippen LogP contribution in [0.5, 0.6) is 0 Å². The van der Waals surface area contributed by atoms with Gasteiger partial charge in [0.25, 0.3) is 5.91 Å². The second-order valence-corrected chi connectivity index (χ2v) is 9.30. The van der Waals surface area contributed by atoms with Crippen LogP contribution >= 0.6 is 11.8 Å². The maximum atomic E-state index is 14.0. The van der Waals surface area contributed by atoms with Gasteiger partial charge in [-0.2, -0.15) is 0 Å². The molecule has 4 aromatic rings. The van der Waals surface area contributed by atoms with E-state index >= 15 is 0 Å². The first-order valence-electron chi connectivity index (χ1n) is 11.0. The molecule has 0 saturated carbocycles. The van der Waals surface area contributed by atoms with Gasteiger partial charge in [-0.15, -0.1) is 0 Å². The Morgan fingerprint density at radius 1 is 1.09 bits per heavy atom. The summed E-state index contributed by atoms with van der Waals surface area (Å²) in [5.74, 6) is -0.273. The predicted molar refractivity (Wildman–Crippen MR) is 131 cm³/mol. The first-order chi connectivity index (χ1) is 16.0. The van der Waals surface area contributed by atoms with Gasteiger partial charge in [-0.05, 0) is 30.3 Å². The number of primary amides is 1. The van der Waals surface area contributed by atoms with Crippen molar-refractivity contribution in [1.82, 2.24) is 18.6 Å². The molecule has 2 aromatic heterocycles. The third kappa shape index (κ3) is 3.55. The van der Waals surface area contributed by atoms with Crippen LogP contribution in [-0.4, -0.2) is 44.3 Å². The summed E-state index contributed by atoms with van der Waals surface area (Å²) in [6, 6.07) is 19.0. The summed E-state index contributed by atoms with van der Waals surface area (Å²) in [6.45, 7) is 0.549. The number of hydrogen-bond acceptors (Lipinski definition) is 4. The summed E-state index contributed by atoms with van der Waals surface area (Å²) in [6.07, 6.45) is 5.25. The molecule has 0 spiro atoms. The van der Waals surface area contributed by atoms with Gasteiger partial charge in [-0.1, -0.05) is 36.0 Å². The monoisotopic (exact) mass is 460 g/mol. The molecule has 7 nitrogen and oxygen atoms in total. The van der Waals surface area contributed by atoms with Crippen molar-refractivity contribution in [2.45, 2.75) is 24.0 Å². The molecule has 33 heavy (non-hydrogen) atoms. The van der Waals surface area contributed by atoms with Crippen molar-refractivity contribution in [2.75, 3.05) is 12.3 Å². The Morgan fingerprint density at radius 3 is 2.58 bits per heavy atom. The smallest absolute Gasteiger partial charge is 0.329 e. The highest BCUT2D eigenvalue weighted by atomic mass is 32.2. The molecular weight excluding hydrogens is 434 g/mol. The number of quaternary nitrogens is 1. The van der Waals surface area contributed by atoms with Crippen molar-refractivity contribution in [3.05, 3.63) is 73.1 Å². The van der Waals surface area contributed by atoms with Crippen LogP contribution in [0.25, 0.3) is 16.7 Å². The van der Waals surface area contributed by atoms with Gasteiger partial charge in [0.1, 0.15) is 11.4 Å². The van der Waals surface area contributed by atoms with E-state index in [4.69, 9.17) is 5.73 Å². The third-order valence-electron chi connectivity index (χ3n) is 6.56. The van der Waals surface area contributed by atoms with Gasteiger partial charge in [-0.3, -0.25) is 4.79 Å². The van der Waals surface area contributed by atoms with Crippen LogP contribution in [0.4, 0.5) is 5.69 Å². The fourth-order valence-electron chi connectivity index (χ4n) is 5.00. The van der Waals surface area contributed by atoms with Gasteiger partial charge in [0.05, 0.1) is 17.6 Å². The molecule has 168 valence electrons. The van der Waals surface area contributed by atoms with E-state index in [0.29, 0.717) is 13.0 Å². The quantitative estimate of drug-likeness (QED) is 0.352. The molecule has 5 rings (SSSR count). The van der Waals surface area contributed by atoms with Crippen molar-refractivity contribution in [3.8, 4) is 5.69 Å². The van der Waals surface area contributed by atoms with E-state index in [-0.39, 0.29) is 16.1 Å². The highest BCUT2D eigenvalue weighted by molar-refractivity contribution is 7.99. The Hall–Kier alpha value is -3.36. The molecule has 2 aromatic carbocycles. The molecule has 3 heterocycles. The number of nitrogens with two attached hydrogens (primary N) is 1. The fourth-order valence-corrected chi connectivity index (χ4v) is 5.94. The van der Waals surface area contributed by atoms with E-state index in [1.54, 1.807) is 0 Å². The molecule has 8 heteroatoms. The number of aromatic nitrogens is 3. The zero-order valence-corrected chi connectivity index (χ0v) is 19.2.